The molecular weight excluding hydrogens is 290 g/mol. The van der Waals surface area contributed by atoms with Crippen molar-refractivity contribution < 1.29 is 14.7 Å². The van der Waals surface area contributed by atoms with Gasteiger partial charge < -0.3 is 10.0 Å². The Hall–Kier alpha value is -1.55. The van der Waals surface area contributed by atoms with E-state index in [9.17, 15) is 9.59 Å². The van der Waals surface area contributed by atoms with Crippen molar-refractivity contribution >= 4 is 23.5 Å². The molecule has 114 valence electrons. The zero-order valence-electron chi connectivity index (χ0n) is 12.1. The highest BCUT2D eigenvalue weighted by molar-refractivity contribution is 6.31. The lowest BCUT2D eigenvalue weighted by molar-refractivity contribution is -0.139. The van der Waals surface area contributed by atoms with Gasteiger partial charge in [-0.05, 0) is 37.3 Å². The Balaban J connectivity index is 1.95. The molecule has 0 atom stereocenters. The third-order valence-corrected chi connectivity index (χ3v) is 4.39. The Morgan fingerprint density at radius 2 is 2.00 bits per heavy atom. The zero-order chi connectivity index (χ0) is 15.5. The summed E-state index contributed by atoms with van der Waals surface area (Å²) in [7, 11) is 1.75. The molecule has 0 saturated heterocycles. The van der Waals surface area contributed by atoms with E-state index in [4.69, 9.17) is 16.7 Å². The van der Waals surface area contributed by atoms with Crippen LogP contribution < -0.4 is 0 Å². The van der Waals surface area contributed by atoms with E-state index < -0.39 is 5.97 Å². The molecule has 21 heavy (non-hydrogen) atoms. The summed E-state index contributed by atoms with van der Waals surface area (Å²) in [6, 6.07) is 7.61. The van der Waals surface area contributed by atoms with Gasteiger partial charge >= 0.3 is 5.97 Å². The molecule has 0 aliphatic heterocycles. The van der Waals surface area contributed by atoms with Crippen LogP contribution in [0.1, 0.15) is 31.2 Å². The summed E-state index contributed by atoms with van der Waals surface area (Å²) < 4.78 is 0. The number of halogens is 1. The van der Waals surface area contributed by atoms with Gasteiger partial charge in [-0.1, -0.05) is 29.8 Å². The van der Waals surface area contributed by atoms with Crippen molar-refractivity contribution in [3.8, 4) is 0 Å². The topological polar surface area (TPSA) is 57.6 Å². The standard InChI is InChI=1S/C16H20ClNO3/c1-18(10-4-7-14(19)20)15(21)16(8-9-16)11-12-5-2-3-6-13(12)17/h2-3,5-6H,4,7-11H2,1H3,(H,19,20). The first-order valence-electron chi connectivity index (χ1n) is 7.15. The van der Waals surface area contributed by atoms with E-state index in [0.717, 1.165) is 18.4 Å². The minimum atomic E-state index is -0.826. The summed E-state index contributed by atoms with van der Waals surface area (Å²) in [6.45, 7) is 0.482. The van der Waals surface area contributed by atoms with Crippen molar-refractivity contribution in [2.75, 3.05) is 13.6 Å². The maximum absolute atomic E-state index is 12.6. The Bertz CT molecular complexity index is 540. The van der Waals surface area contributed by atoms with Crippen molar-refractivity contribution in [2.45, 2.75) is 32.1 Å². The third kappa shape index (κ3) is 3.97. The number of carboxylic acids is 1. The van der Waals surface area contributed by atoms with Crippen molar-refractivity contribution in [3.63, 3.8) is 0 Å². The van der Waals surface area contributed by atoms with E-state index in [1.807, 2.05) is 24.3 Å². The van der Waals surface area contributed by atoms with Crippen molar-refractivity contribution in [3.05, 3.63) is 34.9 Å². The summed E-state index contributed by atoms with van der Waals surface area (Å²) >= 11 is 6.17. The molecule has 1 aliphatic rings. The van der Waals surface area contributed by atoms with Gasteiger partial charge in [-0.2, -0.15) is 0 Å². The zero-order valence-corrected chi connectivity index (χ0v) is 12.9. The van der Waals surface area contributed by atoms with E-state index in [1.165, 1.54) is 0 Å². The van der Waals surface area contributed by atoms with Crippen LogP contribution in [0.4, 0.5) is 0 Å². The largest absolute Gasteiger partial charge is 0.481 e. The fourth-order valence-electron chi connectivity index (χ4n) is 2.60. The Morgan fingerprint density at radius 1 is 1.33 bits per heavy atom. The number of carbonyl (C=O) groups is 2. The second kappa shape index (κ2) is 6.48. The highest BCUT2D eigenvalue weighted by atomic mass is 35.5. The van der Waals surface area contributed by atoms with Gasteiger partial charge in [-0.3, -0.25) is 9.59 Å². The van der Waals surface area contributed by atoms with Gasteiger partial charge in [0, 0.05) is 25.0 Å². The van der Waals surface area contributed by atoms with Crippen molar-refractivity contribution in [1.82, 2.24) is 4.90 Å². The number of carboxylic acid groups (broad SMARTS) is 1. The monoisotopic (exact) mass is 309 g/mol. The predicted octanol–water partition coefficient (Wildman–Crippen LogP) is 2.99. The molecule has 1 aliphatic carbocycles. The van der Waals surface area contributed by atoms with Gasteiger partial charge in [-0.15, -0.1) is 0 Å². The van der Waals surface area contributed by atoms with E-state index in [0.29, 0.717) is 24.4 Å². The minimum Gasteiger partial charge on any atom is -0.481 e. The Kier molecular flexibility index (Phi) is 4.88. The summed E-state index contributed by atoms with van der Waals surface area (Å²) in [5.41, 5.74) is 0.673. The number of hydrogen-bond donors (Lipinski definition) is 1. The highest BCUT2D eigenvalue weighted by Gasteiger charge is 2.50. The van der Waals surface area contributed by atoms with Crippen LogP contribution in [0.15, 0.2) is 24.3 Å². The summed E-state index contributed by atoms with van der Waals surface area (Å²) in [5.74, 6) is -0.721. The number of benzene rings is 1. The van der Waals surface area contributed by atoms with Crippen LogP contribution in [-0.4, -0.2) is 35.5 Å². The molecule has 1 saturated carbocycles. The number of rotatable bonds is 7. The number of aliphatic carboxylic acids is 1. The van der Waals surface area contributed by atoms with Crippen LogP contribution >= 0.6 is 11.6 Å². The average Bonchev–Trinajstić information content (AvgIpc) is 3.21. The normalized spacial score (nSPS) is 15.5. The maximum Gasteiger partial charge on any atom is 0.303 e. The molecule has 1 amide bonds. The second-order valence-corrected chi connectivity index (χ2v) is 6.18. The molecule has 2 rings (SSSR count). The highest BCUT2D eigenvalue weighted by Crippen LogP contribution is 2.50. The van der Waals surface area contributed by atoms with Crippen molar-refractivity contribution in [1.29, 1.82) is 0 Å². The van der Waals surface area contributed by atoms with Gasteiger partial charge in [0.05, 0.1) is 5.41 Å². The molecule has 1 aromatic carbocycles. The van der Waals surface area contributed by atoms with Crippen LogP contribution in [0.3, 0.4) is 0 Å². The Labute approximate surface area is 129 Å². The molecule has 5 heteroatoms. The molecule has 1 N–H and O–H groups in total. The SMILES string of the molecule is CN(CCCC(=O)O)C(=O)C1(Cc2ccccc2Cl)CC1. The van der Waals surface area contributed by atoms with Crippen molar-refractivity contribution in [2.24, 2.45) is 5.41 Å². The van der Waals surface area contributed by atoms with Gasteiger partial charge in [0.2, 0.25) is 5.91 Å². The lowest BCUT2D eigenvalue weighted by Crippen LogP contribution is -2.36. The first kappa shape index (κ1) is 15.8. The summed E-state index contributed by atoms with van der Waals surface area (Å²) in [4.78, 5) is 24.7. The van der Waals surface area contributed by atoms with E-state index in [1.54, 1.807) is 11.9 Å². The van der Waals surface area contributed by atoms with E-state index in [2.05, 4.69) is 0 Å². The molecule has 1 fully saturated rings. The van der Waals surface area contributed by atoms with Crippen LogP contribution in [0.5, 0.6) is 0 Å². The molecule has 0 radical (unpaired) electrons. The van der Waals surface area contributed by atoms with Crippen LogP contribution in [0.2, 0.25) is 5.02 Å². The smallest absolute Gasteiger partial charge is 0.303 e. The van der Waals surface area contributed by atoms with Gasteiger partial charge in [0.15, 0.2) is 0 Å². The first-order valence-corrected chi connectivity index (χ1v) is 7.53. The van der Waals surface area contributed by atoms with Gasteiger partial charge in [-0.25, -0.2) is 0 Å². The lowest BCUT2D eigenvalue weighted by Gasteiger charge is -2.23. The van der Waals surface area contributed by atoms with Crippen LogP contribution in [0, 0.1) is 5.41 Å². The minimum absolute atomic E-state index is 0.0924. The number of hydrogen-bond acceptors (Lipinski definition) is 2. The molecule has 4 nitrogen and oxygen atoms in total. The third-order valence-electron chi connectivity index (χ3n) is 4.02. The molecule has 0 spiro atoms. The van der Waals surface area contributed by atoms with Crippen LogP contribution in [-0.2, 0) is 16.0 Å². The quantitative estimate of drug-likeness (QED) is 0.842. The predicted molar refractivity (Wildman–Crippen MR) is 81.3 cm³/mol. The van der Waals surface area contributed by atoms with E-state index in [-0.39, 0.29) is 17.7 Å². The fourth-order valence-corrected chi connectivity index (χ4v) is 2.80. The molecule has 0 aromatic heterocycles. The molecule has 1 aromatic rings. The number of amides is 1. The fraction of sp³-hybridized carbons (Fsp3) is 0.500. The number of nitrogens with zero attached hydrogens (tertiary/aromatic N) is 1. The van der Waals surface area contributed by atoms with Gasteiger partial charge in [0.1, 0.15) is 0 Å². The first-order chi connectivity index (χ1) is 9.94. The summed E-state index contributed by atoms with van der Waals surface area (Å²) in [6.07, 6.45) is 2.99. The molecule has 0 unspecified atom stereocenters. The lowest BCUT2D eigenvalue weighted by atomic mass is 9.95. The number of carbonyl (C=O) groups excluding carboxylic acids is 1. The average molecular weight is 310 g/mol. The van der Waals surface area contributed by atoms with E-state index >= 15 is 0 Å². The summed E-state index contributed by atoms with van der Waals surface area (Å²) in [5, 5.41) is 9.34. The molecule has 0 bridgehead atoms. The Morgan fingerprint density at radius 3 is 2.57 bits per heavy atom. The maximum atomic E-state index is 12.6. The van der Waals surface area contributed by atoms with Gasteiger partial charge in [0.25, 0.3) is 0 Å². The molecule has 0 heterocycles. The molecular formula is C16H20ClNO3. The van der Waals surface area contributed by atoms with Crippen LogP contribution in [0.25, 0.3) is 0 Å². The second-order valence-electron chi connectivity index (χ2n) is 5.77.